The molecule has 0 saturated heterocycles. The van der Waals surface area contributed by atoms with Crippen LogP contribution in [0.15, 0.2) is 18.2 Å². The number of nitrogens with one attached hydrogen (secondary N) is 1. The van der Waals surface area contributed by atoms with Crippen molar-refractivity contribution in [3.05, 3.63) is 33.9 Å². The largest absolute Gasteiger partial charge is 0.377 e. The van der Waals surface area contributed by atoms with Crippen molar-refractivity contribution in [1.29, 1.82) is 0 Å². The second kappa shape index (κ2) is 6.42. The Labute approximate surface area is 128 Å². The van der Waals surface area contributed by atoms with Crippen molar-refractivity contribution < 1.29 is 14.5 Å². The normalized spacial score (nSPS) is 10.9. The van der Waals surface area contributed by atoms with Gasteiger partial charge in [-0.1, -0.05) is 0 Å². The molecule has 2 amide bonds. The lowest BCUT2D eigenvalue weighted by atomic mass is 9.92. The number of primary amides is 1. The summed E-state index contributed by atoms with van der Waals surface area (Å²) in [5.41, 5.74) is 4.87. The first kappa shape index (κ1) is 17.4. The van der Waals surface area contributed by atoms with Gasteiger partial charge in [0.15, 0.2) is 0 Å². The molecule has 8 heteroatoms. The molecule has 0 radical (unpaired) electrons. The molecule has 0 aromatic heterocycles. The number of non-ortho nitro benzene ring substituents is 1. The molecule has 0 aliphatic heterocycles. The van der Waals surface area contributed by atoms with Gasteiger partial charge < -0.3 is 16.0 Å². The summed E-state index contributed by atoms with van der Waals surface area (Å²) in [7, 11) is 3.45. The Morgan fingerprint density at radius 2 is 1.95 bits per heavy atom. The van der Waals surface area contributed by atoms with Crippen molar-refractivity contribution in [2.45, 2.75) is 13.8 Å². The predicted molar refractivity (Wildman–Crippen MR) is 82.7 cm³/mol. The Morgan fingerprint density at radius 1 is 1.36 bits per heavy atom. The number of rotatable bonds is 6. The summed E-state index contributed by atoms with van der Waals surface area (Å²) < 4.78 is 0. The quantitative estimate of drug-likeness (QED) is 0.598. The summed E-state index contributed by atoms with van der Waals surface area (Å²) in [5.74, 6) is -1.04. The molecule has 0 bridgehead atoms. The molecule has 0 fully saturated rings. The van der Waals surface area contributed by atoms with Crippen LogP contribution in [0.2, 0.25) is 0 Å². The Morgan fingerprint density at radius 3 is 2.41 bits per heavy atom. The first-order valence-corrected chi connectivity index (χ1v) is 6.60. The average Bonchev–Trinajstić information content (AvgIpc) is 2.43. The van der Waals surface area contributed by atoms with E-state index in [0.29, 0.717) is 5.69 Å². The molecular weight excluding hydrogens is 288 g/mol. The number of amides is 2. The van der Waals surface area contributed by atoms with Gasteiger partial charge in [-0.2, -0.15) is 0 Å². The molecule has 120 valence electrons. The Kier molecular flexibility index (Phi) is 5.08. The van der Waals surface area contributed by atoms with Gasteiger partial charge in [0.1, 0.15) is 0 Å². The van der Waals surface area contributed by atoms with Crippen LogP contribution in [-0.2, 0) is 4.79 Å². The molecule has 0 unspecified atom stereocenters. The molecule has 8 nitrogen and oxygen atoms in total. The van der Waals surface area contributed by atoms with E-state index in [1.807, 2.05) is 0 Å². The highest BCUT2D eigenvalue weighted by Crippen LogP contribution is 2.24. The summed E-state index contributed by atoms with van der Waals surface area (Å²) >= 11 is 0. The SMILES string of the molecule is CN(C)c1ccc([N+](=O)[O-])cc1C(=O)NCC(C)(C)C(N)=O. The van der Waals surface area contributed by atoms with E-state index in [4.69, 9.17) is 5.73 Å². The van der Waals surface area contributed by atoms with Gasteiger partial charge >= 0.3 is 0 Å². The van der Waals surface area contributed by atoms with E-state index in [9.17, 15) is 19.7 Å². The van der Waals surface area contributed by atoms with Gasteiger partial charge in [-0.25, -0.2) is 0 Å². The zero-order chi connectivity index (χ0) is 17.1. The lowest BCUT2D eigenvalue weighted by Crippen LogP contribution is -2.42. The third-order valence-corrected chi connectivity index (χ3v) is 3.28. The number of hydrogen-bond donors (Lipinski definition) is 2. The third kappa shape index (κ3) is 3.94. The van der Waals surface area contributed by atoms with Gasteiger partial charge in [0.05, 0.1) is 15.9 Å². The number of benzene rings is 1. The van der Waals surface area contributed by atoms with Crippen molar-refractivity contribution in [3.63, 3.8) is 0 Å². The van der Waals surface area contributed by atoms with Crippen LogP contribution < -0.4 is 16.0 Å². The molecular formula is C14H20N4O4. The van der Waals surface area contributed by atoms with E-state index in [2.05, 4.69) is 5.32 Å². The average molecular weight is 308 g/mol. The summed E-state index contributed by atoms with van der Waals surface area (Å²) in [4.78, 5) is 35.5. The minimum Gasteiger partial charge on any atom is -0.377 e. The highest BCUT2D eigenvalue weighted by Gasteiger charge is 2.26. The van der Waals surface area contributed by atoms with Crippen LogP contribution in [0, 0.1) is 15.5 Å². The van der Waals surface area contributed by atoms with Gasteiger partial charge in [-0.3, -0.25) is 19.7 Å². The maximum atomic E-state index is 12.3. The van der Waals surface area contributed by atoms with Crippen LogP contribution in [0.4, 0.5) is 11.4 Å². The number of nitro benzene ring substituents is 1. The van der Waals surface area contributed by atoms with Gasteiger partial charge in [-0.05, 0) is 19.9 Å². The second-order valence-corrected chi connectivity index (χ2v) is 5.78. The van der Waals surface area contributed by atoms with Crippen LogP contribution >= 0.6 is 0 Å². The van der Waals surface area contributed by atoms with Crippen LogP contribution in [0.1, 0.15) is 24.2 Å². The fourth-order valence-electron chi connectivity index (χ4n) is 1.69. The number of carbonyl (C=O) groups is 2. The summed E-state index contributed by atoms with van der Waals surface area (Å²) in [6, 6.07) is 4.05. The number of carbonyl (C=O) groups excluding carboxylic acids is 2. The van der Waals surface area contributed by atoms with Crippen molar-refractivity contribution in [2.75, 3.05) is 25.5 Å². The molecule has 0 aliphatic carbocycles. The molecule has 1 rings (SSSR count). The molecule has 0 aliphatic rings. The van der Waals surface area contributed by atoms with E-state index in [1.165, 1.54) is 18.2 Å². The summed E-state index contributed by atoms with van der Waals surface area (Å²) in [5, 5.41) is 13.5. The van der Waals surface area contributed by atoms with Gasteiger partial charge in [0, 0.05) is 38.5 Å². The van der Waals surface area contributed by atoms with Crippen LogP contribution in [0.25, 0.3) is 0 Å². The standard InChI is InChI=1S/C14H20N4O4/c1-14(2,13(15)20)8-16-12(19)10-7-9(18(21)22)5-6-11(10)17(3)4/h5-7H,8H2,1-4H3,(H2,15,20)(H,16,19). The van der Waals surface area contributed by atoms with E-state index in [-0.39, 0.29) is 17.8 Å². The van der Waals surface area contributed by atoms with Crippen molar-refractivity contribution in [3.8, 4) is 0 Å². The van der Waals surface area contributed by atoms with Crippen molar-refractivity contribution >= 4 is 23.2 Å². The van der Waals surface area contributed by atoms with Gasteiger partial charge in [0.25, 0.3) is 11.6 Å². The van der Waals surface area contributed by atoms with E-state index in [1.54, 1.807) is 32.8 Å². The number of nitrogens with two attached hydrogens (primary N) is 1. The fourth-order valence-corrected chi connectivity index (χ4v) is 1.69. The lowest BCUT2D eigenvalue weighted by Gasteiger charge is -2.22. The maximum absolute atomic E-state index is 12.3. The van der Waals surface area contributed by atoms with Crippen molar-refractivity contribution in [2.24, 2.45) is 11.1 Å². The Balaban J connectivity index is 3.07. The number of nitro groups is 1. The van der Waals surface area contributed by atoms with Crippen LogP contribution in [0.5, 0.6) is 0 Å². The molecule has 22 heavy (non-hydrogen) atoms. The van der Waals surface area contributed by atoms with E-state index >= 15 is 0 Å². The highest BCUT2D eigenvalue weighted by atomic mass is 16.6. The Hall–Kier alpha value is -2.64. The van der Waals surface area contributed by atoms with Gasteiger partial charge in [0.2, 0.25) is 5.91 Å². The monoisotopic (exact) mass is 308 g/mol. The van der Waals surface area contributed by atoms with Gasteiger partial charge in [-0.15, -0.1) is 0 Å². The molecule has 1 aromatic carbocycles. The molecule has 0 spiro atoms. The smallest absolute Gasteiger partial charge is 0.270 e. The van der Waals surface area contributed by atoms with E-state index in [0.717, 1.165) is 0 Å². The molecule has 0 saturated carbocycles. The van der Waals surface area contributed by atoms with Crippen LogP contribution in [-0.4, -0.2) is 37.4 Å². The van der Waals surface area contributed by atoms with E-state index < -0.39 is 22.2 Å². The number of nitrogens with zero attached hydrogens (tertiary/aromatic N) is 2. The van der Waals surface area contributed by atoms with Crippen molar-refractivity contribution in [1.82, 2.24) is 5.32 Å². The molecule has 0 atom stereocenters. The molecule has 3 N–H and O–H groups in total. The summed E-state index contributed by atoms with van der Waals surface area (Å²) in [6.45, 7) is 3.25. The minimum absolute atomic E-state index is 0.0384. The zero-order valence-electron chi connectivity index (χ0n) is 13.0. The zero-order valence-corrected chi connectivity index (χ0v) is 13.0. The number of anilines is 1. The fraction of sp³-hybridized carbons (Fsp3) is 0.429. The highest BCUT2D eigenvalue weighted by molar-refractivity contribution is 6.00. The lowest BCUT2D eigenvalue weighted by molar-refractivity contribution is -0.384. The topological polar surface area (TPSA) is 119 Å². The minimum atomic E-state index is -0.908. The molecule has 1 aromatic rings. The second-order valence-electron chi connectivity index (χ2n) is 5.78. The van der Waals surface area contributed by atoms with Crippen LogP contribution in [0.3, 0.4) is 0 Å². The number of hydrogen-bond acceptors (Lipinski definition) is 5. The third-order valence-electron chi connectivity index (χ3n) is 3.28. The first-order chi connectivity index (χ1) is 10.1. The maximum Gasteiger partial charge on any atom is 0.270 e. The first-order valence-electron chi connectivity index (χ1n) is 6.60. The molecule has 0 heterocycles. The Bertz CT molecular complexity index is 611. The predicted octanol–water partition coefficient (Wildman–Crippen LogP) is 0.902. The summed E-state index contributed by atoms with van der Waals surface area (Å²) in [6.07, 6.45) is 0.